The third-order valence-electron chi connectivity index (χ3n) is 7.34. The summed E-state index contributed by atoms with van der Waals surface area (Å²) in [6, 6.07) is 6.17. The number of carbonyl (C=O) groups is 1. The molecule has 2 unspecified atom stereocenters. The fraction of sp³-hybridized carbons (Fsp3) is 0.682. The van der Waals surface area contributed by atoms with Gasteiger partial charge in [-0.1, -0.05) is 54.5 Å². The summed E-state index contributed by atoms with van der Waals surface area (Å²) in [7, 11) is 0. The minimum atomic E-state index is -0.186. The number of esters is 1. The number of fused-ring (bicyclic) bond motifs is 1. The first-order valence-corrected chi connectivity index (χ1v) is 9.53. The van der Waals surface area contributed by atoms with Crippen molar-refractivity contribution in [2.24, 2.45) is 5.41 Å². The Balaban J connectivity index is 2.22. The molecule has 1 aliphatic carbocycles. The summed E-state index contributed by atoms with van der Waals surface area (Å²) >= 11 is 0. The fourth-order valence-electron chi connectivity index (χ4n) is 4.08. The zero-order chi connectivity index (χ0) is 18.2. The molecule has 0 saturated carbocycles. The highest BCUT2D eigenvalue weighted by molar-refractivity contribution is 5.90. The van der Waals surface area contributed by atoms with Gasteiger partial charge in [0.1, 0.15) is 0 Å². The van der Waals surface area contributed by atoms with Crippen molar-refractivity contribution in [3.63, 3.8) is 0 Å². The number of rotatable bonds is 7. The monoisotopic (exact) mass is 330 g/mol. The highest BCUT2D eigenvalue weighted by Crippen LogP contribution is 2.59. The molecule has 0 bridgehead atoms. The molecular weight excluding hydrogens is 296 g/mol. The van der Waals surface area contributed by atoms with E-state index >= 15 is 0 Å². The van der Waals surface area contributed by atoms with Gasteiger partial charge in [0, 0.05) is 16.2 Å². The van der Waals surface area contributed by atoms with E-state index in [1.54, 1.807) is 0 Å². The van der Waals surface area contributed by atoms with Crippen LogP contribution in [0.1, 0.15) is 95.6 Å². The molecule has 0 N–H and O–H groups in total. The van der Waals surface area contributed by atoms with Crippen LogP contribution in [0.4, 0.5) is 0 Å². The lowest BCUT2D eigenvalue weighted by Crippen LogP contribution is -2.54. The zero-order valence-electron chi connectivity index (χ0n) is 16.6. The van der Waals surface area contributed by atoms with Gasteiger partial charge in [0.15, 0.2) is 0 Å². The molecular formula is C22H34O2. The summed E-state index contributed by atoms with van der Waals surface area (Å²) < 4.78 is 5.64. The lowest BCUT2D eigenvalue weighted by atomic mass is 9.46. The second kappa shape index (κ2) is 6.54. The fourth-order valence-corrected chi connectivity index (χ4v) is 4.08. The second-order valence-corrected chi connectivity index (χ2v) is 8.23. The van der Waals surface area contributed by atoms with Crippen LogP contribution in [0.5, 0.6) is 0 Å². The van der Waals surface area contributed by atoms with Gasteiger partial charge in [-0.05, 0) is 48.9 Å². The molecule has 0 aliphatic heterocycles. The topological polar surface area (TPSA) is 26.3 Å². The molecule has 0 saturated heterocycles. The highest BCUT2D eigenvalue weighted by atomic mass is 16.5. The number of hydrogen-bond acceptors (Lipinski definition) is 2. The zero-order valence-corrected chi connectivity index (χ0v) is 16.6. The van der Waals surface area contributed by atoms with Crippen LogP contribution in [0.15, 0.2) is 18.2 Å². The van der Waals surface area contributed by atoms with Crippen LogP contribution in [0, 0.1) is 5.41 Å². The van der Waals surface area contributed by atoms with Gasteiger partial charge in [-0.25, -0.2) is 4.79 Å². The van der Waals surface area contributed by atoms with Crippen molar-refractivity contribution in [1.29, 1.82) is 0 Å². The number of hydrogen-bond donors (Lipinski definition) is 0. The molecule has 0 radical (unpaired) electrons. The predicted octanol–water partition coefficient (Wildman–Crippen LogP) is 6.02. The first-order chi connectivity index (χ1) is 11.2. The van der Waals surface area contributed by atoms with Crippen molar-refractivity contribution in [3.8, 4) is 0 Å². The molecule has 1 aromatic rings. The lowest BCUT2D eigenvalue weighted by Gasteiger charge is -2.57. The Morgan fingerprint density at radius 3 is 2.04 bits per heavy atom. The molecule has 2 heteroatoms. The van der Waals surface area contributed by atoms with Crippen LogP contribution in [-0.4, -0.2) is 12.6 Å². The number of carbonyl (C=O) groups excluding carboxylic acids is 1. The SMILES string of the molecule is CCC(C)(CC)COC(=O)c1ccc2c(c1)C(C)(CC)C2(C)CC. The first-order valence-electron chi connectivity index (χ1n) is 9.53. The summed E-state index contributed by atoms with van der Waals surface area (Å²) in [4.78, 5) is 12.5. The normalized spacial score (nSPS) is 25.8. The second-order valence-electron chi connectivity index (χ2n) is 8.23. The van der Waals surface area contributed by atoms with Gasteiger partial charge in [0.25, 0.3) is 0 Å². The Morgan fingerprint density at radius 2 is 1.54 bits per heavy atom. The Bertz CT molecular complexity index is 614. The van der Waals surface area contributed by atoms with Crippen LogP contribution < -0.4 is 0 Å². The largest absolute Gasteiger partial charge is 0.462 e. The van der Waals surface area contributed by atoms with E-state index < -0.39 is 0 Å². The van der Waals surface area contributed by atoms with E-state index in [0.29, 0.717) is 12.2 Å². The standard InChI is InChI=1S/C22H34O2/c1-8-20(5,9-2)15-24-19(23)16-12-13-17-18(14-16)22(7,11-4)21(17,6)10-3/h12-14H,8-11,15H2,1-7H3. The molecule has 2 nitrogen and oxygen atoms in total. The molecule has 0 amide bonds. The van der Waals surface area contributed by atoms with E-state index in [2.05, 4.69) is 60.6 Å². The molecule has 0 heterocycles. The summed E-state index contributed by atoms with van der Waals surface area (Å²) in [5.74, 6) is -0.186. The van der Waals surface area contributed by atoms with Crippen LogP contribution in [0.2, 0.25) is 0 Å². The quantitative estimate of drug-likeness (QED) is 0.571. The Labute approximate surface area is 148 Å². The van der Waals surface area contributed by atoms with Gasteiger partial charge in [0.2, 0.25) is 0 Å². The van der Waals surface area contributed by atoms with Crippen LogP contribution in [-0.2, 0) is 15.6 Å². The maximum atomic E-state index is 12.5. The molecule has 2 atom stereocenters. The predicted molar refractivity (Wildman–Crippen MR) is 101 cm³/mol. The Morgan fingerprint density at radius 1 is 1.00 bits per heavy atom. The lowest BCUT2D eigenvalue weighted by molar-refractivity contribution is 0.0295. The van der Waals surface area contributed by atoms with Gasteiger partial charge in [-0.3, -0.25) is 0 Å². The van der Waals surface area contributed by atoms with Gasteiger partial charge in [-0.15, -0.1) is 0 Å². The minimum absolute atomic E-state index is 0.0776. The highest BCUT2D eigenvalue weighted by Gasteiger charge is 2.54. The van der Waals surface area contributed by atoms with Crippen molar-refractivity contribution < 1.29 is 9.53 Å². The summed E-state index contributed by atoms with van der Waals surface area (Å²) in [6.07, 6.45) is 4.25. The average molecular weight is 331 g/mol. The summed E-state index contributed by atoms with van der Waals surface area (Å²) in [5, 5.41) is 0. The van der Waals surface area contributed by atoms with E-state index in [0.717, 1.165) is 25.7 Å². The van der Waals surface area contributed by atoms with Crippen molar-refractivity contribution in [1.82, 2.24) is 0 Å². The van der Waals surface area contributed by atoms with E-state index in [-0.39, 0.29) is 22.2 Å². The van der Waals surface area contributed by atoms with E-state index in [1.807, 2.05) is 6.07 Å². The van der Waals surface area contributed by atoms with Gasteiger partial charge < -0.3 is 4.74 Å². The average Bonchev–Trinajstić information content (AvgIpc) is 2.63. The van der Waals surface area contributed by atoms with Gasteiger partial charge in [0.05, 0.1) is 12.2 Å². The van der Waals surface area contributed by atoms with Crippen molar-refractivity contribution in [3.05, 3.63) is 34.9 Å². The van der Waals surface area contributed by atoms with E-state index in [9.17, 15) is 4.79 Å². The van der Waals surface area contributed by atoms with Crippen molar-refractivity contribution in [2.45, 2.75) is 85.0 Å². The molecule has 24 heavy (non-hydrogen) atoms. The van der Waals surface area contributed by atoms with Crippen LogP contribution in [0.25, 0.3) is 0 Å². The van der Waals surface area contributed by atoms with Crippen molar-refractivity contribution >= 4 is 5.97 Å². The van der Waals surface area contributed by atoms with E-state index in [4.69, 9.17) is 4.74 Å². The molecule has 0 fully saturated rings. The maximum Gasteiger partial charge on any atom is 0.338 e. The molecule has 0 spiro atoms. The summed E-state index contributed by atoms with van der Waals surface area (Å²) in [6.45, 7) is 16.2. The van der Waals surface area contributed by atoms with Gasteiger partial charge >= 0.3 is 5.97 Å². The third-order valence-corrected chi connectivity index (χ3v) is 7.34. The molecule has 1 aromatic carbocycles. The molecule has 134 valence electrons. The van der Waals surface area contributed by atoms with Crippen molar-refractivity contribution in [2.75, 3.05) is 6.61 Å². The minimum Gasteiger partial charge on any atom is -0.462 e. The first kappa shape index (κ1) is 19.0. The summed E-state index contributed by atoms with van der Waals surface area (Å²) in [5.41, 5.74) is 3.86. The maximum absolute atomic E-state index is 12.5. The van der Waals surface area contributed by atoms with E-state index in [1.165, 1.54) is 11.1 Å². The van der Waals surface area contributed by atoms with Crippen LogP contribution >= 0.6 is 0 Å². The molecule has 0 aromatic heterocycles. The number of ether oxygens (including phenoxy) is 1. The molecule has 1 aliphatic rings. The van der Waals surface area contributed by atoms with Crippen LogP contribution in [0.3, 0.4) is 0 Å². The third kappa shape index (κ3) is 2.68. The smallest absolute Gasteiger partial charge is 0.338 e. The Kier molecular flexibility index (Phi) is 5.18. The molecule has 2 rings (SSSR count). The number of benzene rings is 1. The van der Waals surface area contributed by atoms with Gasteiger partial charge in [-0.2, -0.15) is 0 Å². The Hall–Kier alpha value is -1.31.